The summed E-state index contributed by atoms with van der Waals surface area (Å²) >= 11 is 0. The van der Waals surface area contributed by atoms with E-state index in [1.165, 1.54) is 15.1 Å². The zero-order chi connectivity index (χ0) is 30.1. The van der Waals surface area contributed by atoms with Crippen molar-refractivity contribution in [3.63, 3.8) is 0 Å². The molecule has 0 heterocycles. The number of amides is 2. The zero-order valence-corrected chi connectivity index (χ0v) is 25.8. The van der Waals surface area contributed by atoms with Crippen LogP contribution in [0.15, 0.2) is 65.6 Å². The molecule has 8 nitrogen and oxygen atoms in total. The lowest BCUT2D eigenvalue weighted by Crippen LogP contribution is -2.69. The van der Waals surface area contributed by atoms with Gasteiger partial charge in [0.1, 0.15) is 11.6 Å². The van der Waals surface area contributed by atoms with Crippen molar-refractivity contribution in [3.05, 3.63) is 66.2 Å². The van der Waals surface area contributed by atoms with Crippen LogP contribution in [0.5, 0.6) is 0 Å². The maximum atomic E-state index is 14.4. The molecule has 4 unspecified atom stereocenters. The normalized spacial score (nSPS) is 15.2. The summed E-state index contributed by atoms with van der Waals surface area (Å²) in [7, 11) is 2.16. The Morgan fingerprint density at radius 1 is 0.925 bits per heavy atom. The first kappa shape index (κ1) is 33.2. The average molecular weight is 589 g/mol. The molecule has 2 rings (SSSR count). The van der Waals surface area contributed by atoms with Gasteiger partial charge in [0.15, 0.2) is 0 Å². The van der Waals surface area contributed by atoms with E-state index >= 15 is 0 Å². The number of nitrogens with zero attached hydrogens (tertiary/aromatic N) is 1. The third kappa shape index (κ3) is 8.04. The Hall–Kier alpha value is -2.98. The van der Waals surface area contributed by atoms with Gasteiger partial charge in [0, 0.05) is 27.4 Å². The maximum absolute atomic E-state index is 14.4. The number of hydrogen-bond donors (Lipinski definition) is 2. The van der Waals surface area contributed by atoms with Crippen LogP contribution in [0.1, 0.15) is 71.7 Å². The highest BCUT2D eigenvalue weighted by atomic mass is 33.1. The van der Waals surface area contributed by atoms with Crippen LogP contribution in [0, 0.1) is 11.8 Å². The molecule has 0 aliphatic heterocycles. The van der Waals surface area contributed by atoms with Gasteiger partial charge in [0.2, 0.25) is 5.54 Å². The minimum Gasteiger partial charge on any atom is -0.480 e. The minimum absolute atomic E-state index is 0.268. The Morgan fingerprint density at radius 3 is 1.95 bits per heavy atom. The molecule has 4 atom stereocenters. The molecule has 0 saturated carbocycles. The van der Waals surface area contributed by atoms with Gasteiger partial charge in [-0.25, -0.2) is 13.9 Å². The van der Waals surface area contributed by atoms with Crippen LogP contribution in [-0.2, 0) is 19.1 Å². The molecule has 218 valence electrons. The summed E-state index contributed by atoms with van der Waals surface area (Å²) in [6.45, 7) is 12.1. The lowest BCUT2D eigenvalue weighted by Gasteiger charge is -2.44. The summed E-state index contributed by atoms with van der Waals surface area (Å²) in [5, 5.41) is 12.6. The second kappa shape index (κ2) is 14.6. The van der Waals surface area contributed by atoms with Crippen LogP contribution in [0.4, 0.5) is 0 Å². The molecule has 0 aliphatic rings. The van der Waals surface area contributed by atoms with Gasteiger partial charge in [-0.1, -0.05) is 76.9 Å². The monoisotopic (exact) mass is 588 g/mol. The molecule has 2 aromatic carbocycles. The number of aliphatic carboxylic acids is 1. The number of hydrogen-bond acceptors (Lipinski definition) is 7. The van der Waals surface area contributed by atoms with Gasteiger partial charge in [0.25, 0.3) is 11.8 Å². The molecule has 0 fully saturated rings. The molecule has 40 heavy (non-hydrogen) atoms. The van der Waals surface area contributed by atoms with Gasteiger partial charge < -0.3 is 15.2 Å². The molecule has 2 amide bonds. The maximum Gasteiger partial charge on any atom is 0.343 e. The Morgan fingerprint density at radius 2 is 1.48 bits per heavy atom. The quantitative estimate of drug-likeness (QED) is 0.123. The van der Waals surface area contributed by atoms with E-state index < -0.39 is 52.8 Å². The summed E-state index contributed by atoms with van der Waals surface area (Å²) in [5.74, 6) is -4.80. The smallest absolute Gasteiger partial charge is 0.343 e. The minimum atomic E-state index is -2.19. The molecule has 2 aromatic rings. The number of esters is 1. The van der Waals surface area contributed by atoms with E-state index in [1.54, 1.807) is 71.9 Å². The third-order valence-corrected chi connectivity index (χ3v) is 9.01. The Bertz CT molecular complexity index is 1160. The van der Waals surface area contributed by atoms with Crippen LogP contribution in [0.25, 0.3) is 0 Å². The number of benzene rings is 2. The standard InChI is InChI=1S/C30H40N2O6S2/c1-8-20(3)24(26(34)35)31-27(36)30(21(4)9-2,28(37)38-29(5,6)7)32(25(33)22-16-12-10-13-17-22)40-39-23-18-14-11-15-19-23/h10-21,24H,8-9H2,1-7H3,(H,31,36)(H,34,35). The van der Waals surface area contributed by atoms with Crippen molar-refractivity contribution in [1.82, 2.24) is 9.62 Å². The van der Waals surface area contributed by atoms with Crippen LogP contribution >= 0.6 is 21.8 Å². The molecule has 0 radical (unpaired) electrons. The topological polar surface area (TPSA) is 113 Å². The van der Waals surface area contributed by atoms with E-state index in [0.29, 0.717) is 12.8 Å². The van der Waals surface area contributed by atoms with Gasteiger partial charge in [-0.05, 0) is 61.7 Å². The first-order valence-corrected chi connectivity index (χ1v) is 15.5. The average Bonchev–Trinajstić information content (AvgIpc) is 2.92. The first-order valence-electron chi connectivity index (χ1n) is 13.4. The first-order chi connectivity index (χ1) is 18.8. The highest BCUT2D eigenvalue weighted by molar-refractivity contribution is 8.76. The predicted molar refractivity (Wildman–Crippen MR) is 160 cm³/mol. The lowest BCUT2D eigenvalue weighted by molar-refractivity contribution is -0.173. The van der Waals surface area contributed by atoms with Crippen LogP contribution in [-0.4, -0.2) is 50.3 Å². The summed E-state index contributed by atoms with van der Waals surface area (Å²) in [6, 6.07) is 16.4. The van der Waals surface area contributed by atoms with Crippen molar-refractivity contribution in [2.75, 3.05) is 0 Å². The highest BCUT2D eigenvalue weighted by Gasteiger charge is 2.60. The van der Waals surface area contributed by atoms with Gasteiger partial charge in [-0.3, -0.25) is 9.59 Å². The van der Waals surface area contributed by atoms with E-state index in [9.17, 15) is 24.3 Å². The molecule has 0 aliphatic carbocycles. The number of nitrogens with one attached hydrogen (secondary N) is 1. The van der Waals surface area contributed by atoms with Crippen molar-refractivity contribution in [2.24, 2.45) is 11.8 Å². The molecule has 0 spiro atoms. The predicted octanol–water partition coefficient (Wildman–Crippen LogP) is 6.23. The fourth-order valence-electron chi connectivity index (χ4n) is 3.99. The van der Waals surface area contributed by atoms with Crippen molar-refractivity contribution in [3.8, 4) is 0 Å². The van der Waals surface area contributed by atoms with Gasteiger partial charge in [-0.15, -0.1) is 0 Å². The summed E-state index contributed by atoms with van der Waals surface area (Å²) in [4.78, 5) is 55.9. The molecule has 0 saturated heterocycles. The third-order valence-electron chi connectivity index (χ3n) is 6.62. The zero-order valence-electron chi connectivity index (χ0n) is 24.2. The Balaban J connectivity index is 2.82. The summed E-state index contributed by atoms with van der Waals surface area (Å²) < 4.78 is 7.01. The molecule has 10 heteroatoms. The second-order valence-corrected chi connectivity index (χ2v) is 12.8. The molecule has 2 N–H and O–H groups in total. The summed E-state index contributed by atoms with van der Waals surface area (Å²) in [5.41, 5.74) is -2.91. The van der Waals surface area contributed by atoms with Gasteiger partial charge in [0.05, 0.1) is 0 Å². The summed E-state index contributed by atoms with van der Waals surface area (Å²) in [6.07, 6.45) is 0.800. The van der Waals surface area contributed by atoms with Crippen molar-refractivity contribution in [1.29, 1.82) is 0 Å². The number of carbonyl (C=O) groups excluding carboxylic acids is 3. The lowest BCUT2D eigenvalue weighted by atomic mass is 9.80. The Labute approximate surface area is 245 Å². The molecular formula is C30H40N2O6S2. The number of carbonyl (C=O) groups is 4. The van der Waals surface area contributed by atoms with Crippen molar-refractivity contribution >= 4 is 45.5 Å². The van der Waals surface area contributed by atoms with Crippen LogP contribution in [0.3, 0.4) is 0 Å². The van der Waals surface area contributed by atoms with E-state index in [2.05, 4.69) is 5.32 Å². The van der Waals surface area contributed by atoms with Gasteiger partial charge >= 0.3 is 11.9 Å². The van der Waals surface area contributed by atoms with E-state index in [1.807, 2.05) is 37.3 Å². The van der Waals surface area contributed by atoms with E-state index in [-0.39, 0.29) is 5.56 Å². The highest BCUT2D eigenvalue weighted by Crippen LogP contribution is 2.44. The number of ether oxygens (including phenoxy) is 1. The second-order valence-electron chi connectivity index (χ2n) is 10.7. The SMILES string of the molecule is CCC(C)C(NC(=O)C(C(=O)OC(C)(C)C)(C(C)CC)N(SSc1ccccc1)C(=O)c1ccccc1)C(=O)O. The van der Waals surface area contributed by atoms with Gasteiger partial charge in [-0.2, -0.15) is 0 Å². The molecule has 0 aromatic heterocycles. The molecule has 0 bridgehead atoms. The number of carboxylic acids is 1. The van der Waals surface area contributed by atoms with Crippen molar-refractivity contribution in [2.45, 2.75) is 83.4 Å². The largest absolute Gasteiger partial charge is 0.480 e. The fourth-order valence-corrected chi connectivity index (χ4v) is 6.41. The van der Waals surface area contributed by atoms with Crippen LogP contribution < -0.4 is 5.32 Å². The van der Waals surface area contributed by atoms with Crippen molar-refractivity contribution < 1.29 is 29.0 Å². The van der Waals surface area contributed by atoms with Crippen LogP contribution in [0.2, 0.25) is 0 Å². The van der Waals surface area contributed by atoms with E-state index in [0.717, 1.165) is 15.9 Å². The fraction of sp³-hybridized carbons (Fsp3) is 0.467. The number of rotatable bonds is 13. The molecular weight excluding hydrogens is 548 g/mol. The Kier molecular flexibility index (Phi) is 12.1. The number of carboxylic acid groups (broad SMARTS) is 1. The van der Waals surface area contributed by atoms with E-state index in [4.69, 9.17) is 4.74 Å².